The number of furan rings is 1. The van der Waals surface area contributed by atoms with Crippen LogP contribution in [0.5, 0.6) is 0 Å². The van der Waals surface area contributed by atoms with Crippen LogP contribution in [-0.2, 0) is 39.7 Å². The molecule has 2 heterocycles. The number of carbonyl (C=O) groups is 3. The van der Waals surface area contributed by atoms with Crippen molar-refractivity contribution in [1.82, 2.24) is 4.90 Å². The SMILES string of the molecule is CO[C@H](C(=O)N1C(=O)O[C@H](c2ccccc2)[C@@H]1C)[C@H](OC(C)=O)c1cc(Br)c(CCCOCCOCCO)o1. The molecule has 1 N–H and O–H groups in total. The van der Waals surface area contributed by atoms with Gasteiger partial charge in [0.25, 0.3) is 5.91 Å². The first-order valence-electron chi connectivity index (χ1n) is 12.6. The topological polar surface area (TPSA) is 134 Å². The third kappa shape index (κ3) is 8.12. The van der Waals surface area contributed by atoms with Crippen LogP contribution in [0.3, 0.4) is 0 Å². The quantitative estimate of drug-likeness (QED) is 0.234. The molecular weight excluding hydrogens is 578 g/mol. The number of benzene rings is 1. The summed E-state index contributed by atoms with van der Waals surface area (Å²) in [4.78, 5) is 39.4. The van der Waals surface area contributed by atoms with Crippen molar-refractivity contribution in [3.63, 3.8) is 0 Å². The Balaban J connectivity index is 1.71. The summed E-state index contributed by atoms with van der Waals surface area (Å²) < 4.78 is 33.7. The Morgan fingerprint density at radius 2 is 1.82 bits per heavy atom. The van der Waals surface area contributed by atoms with Gasteiger partial charge in [-0.05, 0) is 40.9 Å². The van der Waals surface area contributed by atoms with Crippen LogP contribution in [0, 0.1) is 0 Å². The molecule has 1 aliphatic rings. The fourth-order valence-corrected chi connectivity index (χ4v) is 4.75. The number of carbonyl (C=O) groups excluding carboxylic acids is 3. The summed E-state index contributed by atoms with van der Waals surface area (Å²) in [5, 5.41) is 8.70. The number of ether oxygens (including phenoxy) is 5. The van der Waals surface area contributed by atoms with E-state index in [1.54, 1.807) is 13.0 Å². The van der Waals surface area contributed by atoms with Gasteiger partial charge >= 0.3 is 12.1 Å². The van der Waals surface area contributed by atoms with E-state index in [0.717, 1.165) is 10.5 Å². The van der Waals surface area contributed by atoms with Gasteiger partial charge in [-0.1, -0.05) is 30.3 Å². The first-order valence-corrected chi connectivity index (χ1v) is 13.4. The molecule has 1 aromatic heterocycles. The fourth-order valence-electron chi connectivity index (χ4n) is 4.24. The van der Waals surface area contributed by atoms with E-state index < -0.39 is 42.3 Å². The van der Waals surface area contributed by atoms with E-state index in [9.17, 15) is 14.4 Å². The average molecular weight is 612 g/mol. The van der Waals surface area contributed by atoms with Crippen LogP contribution in [0.4, 0.5) is 4.79 Å². The Bertz CT molecular complexity index is 1090. The Morgan fingerprint density at radius 3 is 2.46 bits per heavy atom. The first kappa shape index (κ1) is 30.8. The van der Waals surface area contributed by atoms with Crippen molar-refractivity contribution in [2.75, 3.05) is 40.1 Å². The molecule has 0 aliphatic carbocycles. The number of hydrogen-bond acceptors (Lipinski definition) is 10. The van der Waals surface area contributed by atoms with Crippen LogP contribution < -0.4 is 0 Å². The molecule has 1 aliphatic heterocycles. The molecule has 39 heavy (non-hydrogen) atoms. The molecule has 2 aromatic rings. The van der Waals surface area contributed by atoms with E-state index in [0.29, 0.717) is 42.9 Å². The molecule has 1 saturated heterocycles. The zero-order chi connectivity index (χ0) is 28.4. The number of imide groups is 1. The van der Waals surface area contributed by atoms with Gasteiger partial charge in [0.2, 0.25) is 0 Å². The van der Waals surface area contributed by atoms with Crippen LogP contribution in [0.1, 0.15) is 49.6 Å². The summed E-state index contributed by atoms with van der Waals surface area (Å²) in [6, 6.07) is 10.1. The maximum absolute atomic E-state index is 13.6. The third-order valence-corrected chi connectivity index (χ3v) is 6.73. The maximum atomic E-state index is 13.6. The van der Waals surface area contributed by atoms with Gasteiger partial charge in [-0.25, -0.2) is 9.69 Å². The second kappa shape index (κ2) is 15.1. The Morgan fingerprint density at radius 1 is 1.13 bits per heavy atom. The van der Waals surface area contributed by atoms with Gasteiger partial charge in [0.15, 0.2) is 12.2 Å². The second-order valence-electron chi connectivity index (χ2n) is 8.82. The number of rotatable bonds is 15. The lowest BCUT2D eigenvalue weighted by Gasteiger charge is -2.27. The molecule has 1 aromatic carbocycles. The first-order chi connectivity index (χ1) is 18.8. The van der Waals surface area contributed by atoms with Gasteiger partial charge in [-0.2, -0.15) is 0 Å². The number of hydrogen-bond donors (Lipinski definition) is 1. The summed E-state index contributed by atoms with van der Waals surface area (Å²) in [5.74, 6) is -0.612. The zero-order valence-corrected chi connectivity index (χ0v) is 23.8. The largest absolute Gasteiger partial charge is 0.461 e. The van der Waals surface area contributed by atoms with Crippen LogP contribution >= 0.6 is 15.9 Å². The minimum atomic E-state index is -1.37. The number of aryl methyl sites for hydroxylation is 1. The van der Waals surface area contributed by atoms with Crippen LogP contribution in [0.2, 0.25) is 0 Å². The van der Waals surface area contributed by atoms with Gasteiger partial charge in [0.05, 0.1) is 36.9 Å². The molecule has 12 heteroatoms. The van der Waals surface area contributed by atoms with Crippen molar-refractivity contribution in [2.45, 2.75) is 51.0 Å². The molecule has 0 unspecified atom stereocenters. The Hall–Kier alpha value is -2.77. The smallest absolute Gasteiger partial charge is 0.417 e. The van der Waals surface area contributed by atoms with Crippen LogP contribution in [0.25, 0.3) is 0 Å². The van der Waals surface area contributed by atoms with Crippen LogP contribution in [0.15, 0.2) is 45.3 Å². The van der Waals surface area contributed by atoms with Gasteiger partial charge in [-0.15, -0.1) is 0 Å². The minimum absolute atomic E-state index is 0.0337. The number of amides is 2. The molecule has 11 nitrogen and oxygen atoms in total. The summed E-state index contributed by atoms with van der Waals surface area (Å²) in [7, 11) is 1.29. The van der Waals surface area contributed by atoms with E-state index in [-0.39, 0.29) is 19.0 Å². The van der Waals surface area contributed by atoms with Gasteiger partial charge < -0.3 is 33.2 Å². The van der Waals surface area contributed by atoms with E-state index in [1.807, 2.05) is 30.3 Å². The fraction of sp³-hybridized carbons (Fsp3) is 0.519. The summed E-state index contributed by atoms with van der Waals surface area (Å²) in [5.41, 5.74) is 0.750. The number of nitrogens with zero attached hydrogens (tertiary/aromatic N) is 1. The van der Waals surface area contributed by atoms with E-state index >= 15 is 0 Å². The predicted octanol–water partition coefficient (Wildman–Crippen LogP) is 3.73. The van der Waals surface area contributed by atoms with Crippen molar-refractivity contribution in [1.29, 1.82) is 0 Å². The molecule has 0 bridgehead atoms. The number of esters is 1. The molecule has 2 amide bonds. The lowest BCUT2D eigenvalue weighted by molar-refractivity contribution is -0.164. The highest BCUT2D eigenvalue weighted by molar-refractivity contribution is 9.10. The highest BCUT2D eigenvalue weighted by Gasteiger charge is 2.48. The molecule has 0 radical (unpaired) electrons. The lowest BCUT2D eigenvalue weighted by atomic mass is 10.0. The highest BCUT2D eigenvalue weighted by Crippen LogP contribution is 2.36. The molecule has 3 rings (SSSR count). The maximum Gasteiger partial charge on any atom is 0.417 e. The predicted molar refractivity (Wildman–Crippen MR) is 141 cm³/mol. The Labute approximate surface area is 235 Å². The van der Waals surface area contributed by atoms with Crippen molar-refractivity contribution in [2.24, 2.45) is 0 Å². The number of aliphatic hydroxyl groups excluding tert-OH is 1. The van der Waals surface area contributed by atoms with Crippen molar-refractivity contribution in [3.05, 3.63) is 58.0 Å². The second-order valence-corrected chi connectivity index (χ2v) is 9.68. The minimum Gasteiger partial charge on any atom is -0.461 e. The monoisotopic (exact) mass is 611 g/mol. The summed E-state index contributed by atoms with van der Waals surface area (Å²) in [6.45, 7) is 4.40. The van der Waals surface area contributed by atoms with E-state index in [1.165, 1.54) is 14.0 Å². The third-order valence-electron chi connectivity index (χ3n) is 6.06. The highest BCUT2D eigenvalue weighted by atomic mass is 79.9. The number of aliphatic hydroxyl groups is 1. The lowest BCUT2D eigenvalue weighted by Crippen LogP contribution is -2.47. The van der Waals surface area contributed by atoms with Crippen molar-refractivity contribution >= 4 is 33.9 Å². The molecule has 214 valence electrons. The van der Waals surface area contributed by atoms with Crippen molar-refractivity contribution in [3.8, 4) is 0 Å². The molecular formula is C27H34BrNO10. The van der Waals surface area contributed by atoms with Crippen molar-refractivity contribution < 1.29 is 47.6 Å². The van der Waals surface area contributed by atoms with E-state index in [2.05, 4.69) is 15.9 Å². The zero-order valence-electron chi connectivity index (χ0n) is 22.2. The molecule has 0 spiro atoms. The van der Waals surface area contributed by atoms with Crippen LogP contribution in [-0.4, -0.2) is 80.3 Å². The van der Waals surface area contributed by atoms with Gasteiger partial charge in [0.1, 0.15) is 17.6 Å². The van der Waals surface area contributed by atoms with Gasteiger partial charge in [0, 0.05) is 27.1 Å². The molecule has 1 fully saturated rings. The summed E-state index contributed by atoms with van der Waals surface area (Å²) >= 11 is 3.46. The number of halogens is 1. The van der Waals surface area contributed by atoms with Gasteiger partial charge in [-0.3, -0.25) is 9.59 Å². The standard InChI is InChI=1S/C27H34BrNO10/c1-17-23(19-8-5-4-6-9-19)39-27(33)29(17)26(32)25(34-3)24(37-18(2)31)22-16-20(28)21(38-22)10-7-12-35-14-15-36-13-11-30/h4-6,8-9,16-17,23-25,30H,7,10-15H2,1-3H3/t17-,23-,24+,25-/m0/s1. The number of cyclic esters (lactones) is 1. The normalized spacial score (nSPS) is 18.6. The number of methoxy groups -OCH3 is 1. The molecule has 4 atom stereocenters. The molecule has 0 saturated carbocycles. The summed E-state index contributed by atoms with van der Waals surface area (Å²) in [6.07, 6.45) is -2.94. The Kier molecular flexibility index (Phi) is 11.9. The average Bonchev–Trinajstić information content (AvgIpc) is 3.43. The van der Waals surface area contributed by atoms with E-state index in [4.69, 9.17) is 33.2 Å².